The quantitative estimate of drug-likeness (QED) is 0.441. The highest BCUT2D eigenvalue weighted by Crippen LogP contribution is 2.25. The molecular formula is C12H16N4O3S. The summed E-state index contributed by atoms with van der Waals surface area (Å²) < 4.78 is 0. The number of nitrogens with one attached hydrogen (secondary N) is 2. The molecule has 1 aliphatic rings. The number of carbonyl (C=O) groups is 1. The summed E-state index contributed by atoms with van der Waals surface area (Å²) in [6.45, 7) is 0. The van der Waals surface area contributed by atoms with Gasteiger partial charge >= 0.3 is 0 Å². The number of anilines is 1. The molecule has 0 radical (unpaired) electrons. The van der Waals surface area contributed by atoms with Gasteiger partial charge < -0.3 is 10.7 Å². The summed E-state index contributed by atoms with van der Waals surface area (Å²) in [5.41, 5.74) is 2.59. The van der Waals surface area contributed by atoms with Crippen molar-refractivity contribution in [3.63, 3.8) is 0 Å². The van der Waals surface area contributed by atoms with Gasteiger partial charge in [-0.05, 0) is 36.5 Å². The van der Waals surface area contributed by atoms with E-state index in [9.17, 15) is 14.9 Å². The first-order valence-corrected chi connectivity index (χ1v) is 7.41. The van der Waals surface area contributed by atoms with Crippen LogP contribution in [0.25, 0.3) is 0 Å². The normalized spacial score (nSPS) is 15.7. The molecule has 8 heteroatoms. The lowest BCUT2D eigenvalue weighted by atomic mass is 10.1. The Hall–Kier alpha value is -1.80. The molecule has 0 aliphatic carbocycles. The summed E-state index contributed by atoms with van der Waals surface area (Å²) in [6, 6.07) is 4.28. The summed E-state index contributed by atoms with van der Waals surface area (Å²) in [5, 5.41) is 13.7. The fourth-order valence-corrected chi connectivity index (χ4v) is 3.17. The number of thioether (sulfide) groups is 1. The number of carbonyl (C=O) groups excluding carboxylic acids is 1. The molecule has 2 rings (SSSR count). The molecule has 0 saturated carbocycles. The van der Waals surface area contributed by atoms with E-state index in [0.717, 1.165) is 24.3 Å². The number of hydrogen-bond acceptors (Lipinski definition) is 6. The molecule has 1 aliphatic heterocycles. The van der Waals surface area contributed by atoms with Crippen LogP contribution in [0.2, 0.25) is 0 Å². The van der Waals surface area contributed by atoms with Crippen molar-refractivity contribution in [2.75, 3.05) is 16.9 Å². The summed E-state index contributed by atoms with van der Waals surface area (Å²) in [6.07, 6.45) is 1.90. The Morgan fingerprint density at radius 3 is 2.70 bits per heavy atom. The zero-order valence-electron chi connectivity index (χ0n) is 10.8. The Morgan fingerprint density at radius 1 is 1.40 bits per heavy atom. The first kappa shape index (κ1) is 14.6. The number of amides is 1. The molecule has 1 aromatic rings. The zero-order chi connectivity index (χ0) is 14.5. The predicted molar refractivity (Wildman–Crippen MR) is 78.7 cm³/mol. The van der Waals surface area contributed by atoms with Crippen molar-refractivity contribution in [2.45, 2.75) is 18.9 Å². The van der Waals surface area contributed by atoms with E-state index in [-0.39, 0.29) is 23.3 Å². The van der Waals surface area contributed by atoms with E-state index in [2.05, 4.69) is 10.7 Å². The van der Waals surface area contributed by atoms with Gasteiger partial charge in [-0.15, -0.1) is 0 Å². The van der Waals surface area contributed by atoms with Gasteiger partial charge in [0.05, 0.1) is 4.92 Å². The topological polar surface area (TPSA) is 110 Å². The second-order valence-corrected chi connectivity index (χ2v) is 5.72. The Labute approximate surface area is 120 Å². The van der Waals surface area contributed by atoms with Crippen molar-refractivity contribution < 1.29 is 9.72 Å². The predicted octanol–water partition coefficient (Wildman–Crippen LogP) is 1.51. The van der Waals surface area contributed by atoms with E-state index in [1.807, 2.05) is 11.8 Å². The first-order valence-electron chi connectivity index (χ1n) is 6.25. The largest absolute Gasteiger partial charge is 0.349 e. The molecule has 0 atom stereocenters. The van der Waals surface area contributed by atoms with Gasteiger partial charge in [0.2, 0.25) is 0 Å². The molecule has 1 aromatic carbocycles. The van der Waals surface area contributed by atoms with Gasteiger partial charge in [-0.2, -0.15) is 11.8 Å². The van der Waals surface area contributed by atoms with Crippen molar-refractivity contribution in [2.24, 2.45) is 5.84 Å². The first-order chi connectivity index (χ1) is 9.61. The number of rotatable bonds is 4. The number of hydrazine groups is 1. The Kier molecular flexibility index (Phi) is 4.80. The maximum Gasteiger partial charge on any atom is 0.293 e. The van der Waals surface area contributed by atoms with Gasteiger partial charge in [-0.25, -0.2) is 0 Å². The molecule has 0 spiro atoms. The summed E-state index contributed by atoms with van der Waals surface area (Å²) in [4.78, 5) is 22.3. The van der Waals surface area contributed by atoms with Crippen LogP contribution in [-0.2, 0) is 0 Å². The molecule has 0 aromatic heterocycles. The molecule has 20 heavy (non-hydrogen) atoms. The average molecular weight is 296 g/mol. The summed E-state index contributed by atoms with van der Waals surface area (Å²) in [7, 11) is 0. The highest BCUT2D eigenvalue weighted by molar-refractivity contribution is 7.99. The van der Waals surface area contributed by atoms with Crippen LogP contribution in [0.3, 0.4) is 0 Å². The SMILES string of the molecule is NNc1cc(C(=O)NC2CCSCC2)ccc1[N+](=O)[O-]. The van der Waals surface area contributed by atoms with Gasteiger partial charge in [0.25, 0.3) is 11.6 Å². The van der Waals surface area contributed by atoms with E-state index in [4.69, 9.17) is 5.84 Å². The van der Waals surface area contributed by atoms with Crippen LogP contribution in [0.5, 0.6) is 0 Å². The minimum Gasteiger partial charge on any atom is -0.349 e. The Bertz CT molecular complexity index is 517. The second kappa shape index (κ2) is 6.58. The van der Waals surface area contributed by atoms with Crippen LogP contribution in [-0.4, -0.2) is 28.4 Å². The highest BCUT2D eigenvalue weighted by atomic mass is 32.2. The van der Waals surface area contributed by atoms with Crippen LogP contribution < -0.4 is 16.6 Å². The number of benzene rings is 1. The number of nitro benzene ring substituents is 1. The Morgan fingerprint density at radius 2 is 2.10 bits per heavy atom. The molecular weight excluding hydrogens is 280 g/mol. The standard InChI is InChI=1S/C12H16N4O3S/c13-15-10-7-8(1-2-11(10)16(18)19)12(17)14-9-3-5-20-6-4-9/h1-2,7,9,15H,3-6,13H2,(H,14,17). The van der Waals surface area contributed by atoms with E-state index in [0.29, 0.717) is 5.56 Å². The van der Waals surface area contributed by atoms with Crippen LogP contribution in [0.1, 0.15) is 23.2 Å². The van der Waals surface area contributed by atoms with Gasteiger partial charge in [0, 0.05) is 17.7 Å². The van der Waals surface area contributed by atoms with Crippen molar-refractivity contribution in [1.82, 2.24) is 5.32 Å². The number of nitrogens with two attached hydrogens (primary N) is 1. The van der Waals surface area contributed by atoms with Gasteiger partial charge in [-0.3, -0.25) is 20.8 Å². The van der Waals surface area contributed by atoms with Crippen LogP contribution in [0.15, 0.2) is 18.2 Å². The van der Waals surface area contributed by atoms with Crippen molar-refractivity contribution >= 4 is 29.0 Å². The highest BCUT2D eigenvalue weighted by Gasteiger charge is 2.19. The van der Waals surface area contributed by atoms with Gasteiger partial charge in [0.1, 0.15) is 5.69 Å². The van der Waals surface area contributed by atoms with Crippen molar-refractivity contribution in [1.29, 1.82) is 0 Å². The van der Waals surface area contributed by atoms with Crippen molar-refractivity contribution in [3.05, 3.63) is 33.9 Å². The molecule has 1 heterocycles. The number of hydrogen-bond donors (Lipinski definition) is 3. The fraction of sp³-hybridized carbons (Fsp3) is 0.417. The second-order valence-electron chi connectivity index (χ2n) is 4.49. The number of nitrogens with zero attached hydrogens (tertiary/aromatic N) is 1. The maximum absolute atomic E-state index is 12.1. The molecule has 0 unspecified atom stereocenters. The van der Waals surface area contributed by atoms with Gasteiger partial charge in [0.15, 0.2) is 0 Å². The zero-order valence-corrected chi connectivity index (χ0v) is 11.6. The molecule has 0 bridgehead atoms. The molecule has 4 N–H and O–H groups in total. The lowest BCUT2D eigenvalue weighted by Crippen LogP contribution is -2.37. The summed E-state index contributed by atoms with van der Waals surface area (Å²) >= 11 is 1.88. The molecule has 1 amide bonds. The lowest BCUT2D eigenvalue weighted by Gasteiger charge is -2.22. The minimum absolute atomic E-state index is 0.127. The molecule has 1 saturated heterocycles. The van der Waals surface area contributed by atoms with E-state index < -0.39 is 4.92 Å². The monoisotopic (exact) mass is 296 g/mol. The van der Waals surface area contributed by atoms with Crippen molar-refractivity contribution in [3.8, 4) is 0 Å². The fourth-order valence-electron chi connectivity index (χ4n) is 2.06. The van der Waals surface area contributed by atoms with Crippen LogP contribution in [0, 0.1) is 10.1 Å². The maximum atomic E-state index is 12.1. The number of nitro groups is 1. The molecule has 108 valence electrons. The van der Waals surface area contributed by atoms with E-state index in [1.165, 1.54) is 18.2 Å². The Balaban J connectivity index is 2.11. The van der Waals surface area contributed by atoms with Crippen LogP contribution in [0.4, 0.5) is 11.4 Å². The molecule has 7 nitrogen and oxygen atoms in total. The summed E-state index contributed by atoms with van der Waals surface area (Å²) in [5.74, 6) is 7.11. The van der Waals surface area contributed by atoms with E-state index in [1.54, 1.807) is 0 Å². The lowest BCUT2D eigenvalue weighted by molar-refractivity contribution is -0.384. The third kappa shape index (κ3) is 3.40. The van der Waals surface area contributed by atoms with E-state index >= 15 is 0 Å². The molecule has 1 fully saturated rings. The third-order valence-corrected chi connectivity index (χ3v) is 4.22. The minimum atomic E-state index is -0.546. The number of nitrogen functional groups attached to an aromatic ring is 1. The van der Waals surface area contributed by atoms with Gasteiger partial charge in [-0.1, -0.05) is 0 Å². The van der Waals surface area contributed by atoms with Crippen LogP contribution >= 0.6 is 11.8 Å². The average Bonchev–Trinajstić information content (AvgIpc) is 2.47. The smallest absolute Gasteiger partial charge is 0.293 e. The third-order valence-electron chi connectivity index (χ3n) is 3.17.